The first kappa shape index (κ1) is 13.1. The summed E-state index contributed by atoms with van der Waals surface area (Å²) < 4.78 is 19.2. The van der Waals surface area contributed by atoms with E-state index >= 15 is 0 Å². The Balaban J connectivity index is 2.43. The second-order valence-corrected chi connectivity index (χ2v) is 4.45. The van der Waals surface area contributed by atoms with Gasteiger partial charge in [-0.05, 0) is 43.7 Å². The highest BCUT2D eigenvalue weighted by molar-refractivity contribution is 5.97. The maximum absolute atomic E-state index is 13.7. The number of ether oxygens (including phenoxy) is 1. The molecule has 2 aromatic carbocycles. The monoisotopic (exact) mass is 258 g/mol. The molecule has 0 bridgehead atoms. The summed E-state index contributed by atoms with van der Waals surface area (Å²) in [5.41, 5.74) is 7.83. The number of nitrogens with two attached hydrogens (primary N) is 1. The van der Waals surface area contributed by atoms with Gasteiger partial charge in [0.1, 0.15) is 11.6 Å². The molecule has 4 heteroatoms. The Kier molecular flexibility index (Phi) is 3.51. The van der Waals surface area contributed by atoms with Crippen LogP contribution >= 0.6 is 0 Å². The second-order valence-electron chi connectivity index (χ2n) is 4.45. The van der Waals surface area contributed by atoms with E-state index in [2.05, 4.69) is 0 Å². The van der Waals surface area contributed by atoms with Crippen LogP contribution in [-0.4, -0.2) is 5.84 Å². The van der Waals surface area contributed by atoms with Gasteiger partial charge in [-0.3, -0.25) is 5.41 Å². The van der Waals surface area contributed by atoms with E-state index in [1.54, 1.807) is 24.3 Å². The number of hydrogen-bond donors (Lipinski definition) is 2. The Morgan fingerprint density at radius 1 is 1.05 bits per heavy atom. The van der Waals surface area contributed by atoms with Crippen LogP contribution in [0.25, 0.3) is 0 Å². The van der Waals surface area contributed by atoms with E-state index in [0.717, 1.165) is 11.1 Å². The summed E-state index contributed by atoms with van der Waals surface area (Å²) in [5, 5.41) is 7.54. The molecule has 0 aromatic heterocycles. The Morgan fingerprint density at radius 2 is 1.68 bits per heavy atom. The largest absolute Gasteiger partial charge is 0.454 e. The van der Waals surface area contributed by atoms with Crippen LogP contribution in [0.1, 0.15) is 16.7 Å². The summed E-state index contributed by atoms with van der Waals surface area (Å²) in [4.78, 5) is 0. The fraction of sp³-hybridized carbons (Fsp3) is 0.133. The van der Waals surface area contributed by atoms with Crippen LogP contribution in [0, 0.1) is 25.1 Å². The molecule has 0 aliphatic carbocycles. The molecule has 0 heterocycles. The zero-order chi connectivity index (χ0) is 14.0. The van der Waals surface area contributed by atoms with Gasteiger partial charge in [0.15, 0.2) is 11.6 Å². The van der Waals surface area contributed by atoms with E-state index in [0.29, 0.717) is 11.3 Å². The van der Waals surface area contributed by atoms with Crippen molar-refractivity contribution in [3.63, 3.8) is 0 Å². The molecule has 2 aromatic rings. The Labute approximate surface area is 111 Å². The van der Waals surface area contributed by atoms with E-state index in [9.17, 15) is 4.39 Å². The minimum absolute atomic E-state index is 0.105. The van der Waals surface area contributed by atoms with Crippen LogP contribution in [0.15, 0.2) is 36.4 Å². The van der Waals surface area contributed by atoms with Gasteiger partial charge < -0.3 is 10.5 Å². The first-order valence-electron chi connectivity index (χ1n) is 5.86. The standard InChI is InChI=1S/C15H15FN2O/c1-9-4-6-13(11(7-9)15(17)18)19-14-8-10(2)3-5-12(14)16/h3-8H,1-2H3,(H3,17,18). The Bertz CT molecular complexity index is 638. The molecule has 0 unspecified atom stereocenters. The lowest BCUT2D eigenvalue weighted by atomic mass is 10.1. The number of benzene rings is 2. The maximum atomic E-state index is 13.7. The lowest BCUT2D eigenvalue weighted by molar-refractivity contribution is 0.441. The molecule has 0 amide bonds. The summed E-state index contributed by atoms with van der Waals surface area (Å²) in [5.74, 6) is -0.0404. The van der Waals surface area contributed by atoms with Crippen LogP contribution in [0.4, 0.5) is 4.39 Å². The van der Waals surface area contributed by atoms with Crippen LogP contribution in [-0.2, 0) is 0 Å². The number of rotatable bonds is 3. The molecule has 2 rings (SSSR count). The molecule has 0 spiro atoms. The van der Waals surface area contributed by atoms with Gasteiger partial charge in [-0.2, -0.15) is 0 Å². The average Bonchev–Trinajstić information content (AvgIpc) is 2.35. The van der Waals surface area contributed by atoms with Gasteiger partial charge in [-0.25, -0.2) is 4.39 Å². The van der Waals surface area contributed by atoms with Gasteiger partial charge in [0.2, 0.25) is 0 Å². The lowest BCUT2D eigenvalue weighted by Gasteiger charge is -2.12. The predicted octanol–water partition coefficient (Wildman–Crippen LogP) is 3.52. The van der Waals surface area contributed by atoms with E-state index in [1.807, 2.05) is 19.9 Å². The molecule has 19 heavy (non-hydrogen) atoms. The smallest absolute Gasteiger partial charge is 0.165 e. The maximum Gasteiger partial charge on any atom is 0.165 e. The third-order valence-corrected chi connectivity index (χ3v) is 2.73. The zero-order valence-electron chi connectivity index (χ0n) is 10.8. The SMILES string of the molecule is Cc1ccc(F)c(Oc2ccc(C)cc2C(=N)N)c1. The quantitative estimate of drug-likeness (QED) is 0.653. The summed E-state index contributed by atoms with van der Waals surface area (Å²) in [6.45, 7) is 3.75. The highest BCUT2D eigenvalue weighted by Crippen LogP contribution is 2.28. The fourth-order valence-electron chi connectivity index (χ4n) is 1.75. The van der Waals surface area contributed by atoms with Crippen LogP contribution in [0.5, 0.6) is 11.5 Å². The molecular formula is C15H15FN2O. The van der Waals surface area contributed by atoms with Crippen LogP contribution < -0.4 is 10.5 Å². The van der Waals surface area contributed by atoms with E-state index in [-0.39, 0.29) is 11.6 Å². The van der Waals surface area contributed by atoms with Gasteiger partial charge in [-0.1, -0.05) is 17.7 Å². The Morgan fingerprint density at radius 3 is 2.37 bits per heavy atom. The van der Waals surface area contributed by atoms with Crippen molar-refractivity contribution in [1.29, 1.82) is 5.41 Å². The zero-order valence-corrected chi connectivity index (χ0v) is 10.8. The minimum atomic E-state index is -0.444. The summed E-state index contributed by atoms with van der Waals surface area (Å²) in [6.07, 6.45) is 0. The molecule has 98 valence electrons. The topological polar surface area (TPSA) is 59.1 Å². The summed E-state index contributed by atoms with van der Waals surface area (Å²) >= 11 is 0. The van der Waals surface area contributed by atoms with Gasteiger partial charge in [0, 0.05) is 0 Å². The third kappa shape index (κ3) is 2.91. The summed E-state index contributed by atoms with van der Waals surface area (Å²) in [6, 6.07) is 9.89. The van der Waals surface area contributed by atoms with Crippen LogP contribution in [0.2, 0.25) is 0 Å². The third-order valence-electron chi connectivity index (χ3n) is 2.73. The number of nitrogen functional groups attached to an aromatic ring is 1. The number of hydrogen-bond acceptors (Lipinski definition) is 2. The van der Waals surface area contributed by atoms with E-state index in [4.69, 9.17) is 15.9 Å². The fourth-order valence-corrected chi connectivity index (χ4v) is 1.75. The van der Waals surface area contributed by atoms with Crippen molar-refractivity contribution in [2.24, 2.45) is 5.73 Å². The molecule has 0 radical (unpaired) electrons. The second kappa shape index (κ2) is 5.10. The molecule has 0 fully saturated rings. The van der Waals surface area contributed by atoms with Gasteiger partial charge in [0.25, 0.3) is 0 Å². The molecular weight excluding hydrogens is 243 g/mol. The van der Waals surface area contributed by atoms with E-state index < -0.39 is 5.82 Å². The molecule has 0 saturated heterocycles. The highest BCUT2D eigenvalue weighted by atomic mass is 19.1. The molecule has 0 atom stereocenters. The normalized spacial score (nSPS) is 10.3. The van der Waals surface area contributed by atoms with Crippen molar-refractivity contribution in [2.45, 2.75) is 13.8 Å². The minimum Gasteiger partial charge on any atom is -0.454 e. The number of aryl methyl sites for hydroxylation is 2. The number of amidine groups is 1. The van der Waals surface area contributed by atoms with Gasteiger partial charge in [-0.15, -0.1) is 0 Å². The van der Waals surface area contributed by atoms with E-state index in [1.165, 1.54) is 6.07 Å². The van der Waals surface area contributed by atoms with Gasteiger partial charge >= 0.3 is 0 Å². The first-order valence-corrected chi connectivity index (χ1v) is 5.86. The van der Waals surface area contributed by atoms with Crippen LogP contribution in [0.3, 0.4) is 0 Å². The van der Waals surface area contributed by atoms with Gasteiger partial charge in [0.05, 0.1) is 5.56 Å². The number of halogens is 1. The molecule has 0 aliphatic rings. The average molecular weight is 258 g/mol. The Hall–Kier alpha value is -2.36. The molecule has 3 N–H and O–H groups in total. The lowest BCUT2D eigenvalue weighted by Crippen LogP contribution is -2.12. The van der Waals surface area contributed by atoms with Crippen molar-refractivity contribution < 1.29 is 9.13 Å². The predicted molar refractivity (Wildman–Crippen MR) is 73.4 cm³/mol. The molecule has 3 nitrogen and oxygen atoms in total. The highest BCUT2D eigenvalue weighted by Gasteiger charge is 2.11. The molecule has 0 aliphatic heterocycles. The van der Waals surface area contributed by atoms with Crippen molar-refractivity contribution in [3.8, 4) is 11.5 Å². The van der Waals surface area contributed by atoms with Crippen molar-refractivity contribution >= 4 is 5.84 Å². The summed E-state index contributed by atoms with van der Waals surface area (Å²) in [7, 11) is 0. The van der Waals surface area contributed by atoms with Crippen molar-refractivity contribution in [2.75, 3.05) is 0 Å². The molecule has 0 saturated carbocycles. The van der Waals surface area contributed by atoms with Crippen molar-refractivity contribution in [3.05, 3.63) is 58.9 Å². The van der Waals surface area contributed by atoms with Crippen molar-refractivity contribution in [1.82, 2.24) is 0 Å². The number of nitrogens with one attached hydrogen (secondary N) is 1. The first-order chi connectivity index (χ1) is 8.97.